The van der Waals surface area contributed by atoms with Crippen molar-refractivity contribution in [2.45, 2.75) is 0 Å². The number of para-hydroxylation sites is 2. The Labute approximate surface area is 287 Å². The monoisotopic (exact) mass is 641 g/mol. The number of furan rings is 2. The van der Waals surface area contributed by atoms with E-state index in [1.165, 1.54) is 0 Å². The van der Waals surface area contributed by atoms with Gasteiger partial charge in [-0.15, -0.1) is 0 Å². The maximum absolute atomic E-state index is 6.24. The topological polar surface area (TPSA) is 65.0 Å². The number of rotatable bonds is 5. The van der Waals surface area contributed by atoms with Crippen molar-refractivity contribution in [1.82, 2.24) is 15.0 Å². The van der Waals surface area contributed by atoms with E-state index in [1.807, 2.05) is 84.9 Å². The average molecular weight is 642 g/mol. The lowest BCUT2D eigenvalue weighted by molar-refractivity contribution is 0.668. The average Bonchev–Trinajstić information content (AvgIpc) is 3.76. The first kappa shape index (κ1) is 28.2. The van der Waals surface area contributed by atoms with Crippen LogP contribution in [0.5, 0.6) is 0 Å². The molecule has 3 heterocycles. The van der Waals surface area contributed by atoms with Crippen molar-refractivity contribution in [3.63, 3.8) is 0 Å². The summed E-state index contributed by atoms with van der Waals surface area (Å²) >= 11 is 0. The maximum Gasteiger partial charge on any atom is 0.164 e. The molecule has 234 valence electrons. The van der Waals surface area contributed by atoms with Crippen LogP contribution < -0.4 is 0 Å². The zero-order valence-electron chi connectivity index (χ0n) is 26.7. The molecule has 0 radical (unpaired) electrons. The van der Waals surface area contributed by atoms with E-state index < -0.39 is 0 Å². The fraction of sp³-hybridized carbons (Fsp3) is 0. The molecule has 0 aliphatic rings. The molecule has 50 heavy (non-hydrogen) atoms. The van der Waals surface area contributed by atoms with Gasteiger partial charge in [-0.2, -0.15) is 0 Å². The van der Waals surface area contributed by atoms with Crippen molar-refractivity contribution in [3.8, 4) is 56.4 Å². The minimum atomic E-state index is 0.599. The number of fused-ring (bicyclic) bond motifs is 6. The van der Waals surface area contributed by atoms with E-state index in [0.717, 1.165) is 82.8 Å². The van der Waals surface area contributed by atoms with Crippen molar-refractivity contribution in [2.75, 3.05) is 0 Å². The SMILES string of the molecule is c1ccc(-c2nc(-c3ccccc3)nc(-c3cccc(-c4ccc5oc6ccccc6c5c4)c3-c3ccc4oc5ccccc5c4c3)n2)cc1. The van der Waals surface area contributed by atoms with Crippen molar-refractivity contribution < 1.29 is 8.83 Å². The summed E-state index contributed by atoms with van der Waals surface area (Å²) in [6, 6.07) is 55.8. The van der Waals surface area contributed by atoms with E-state index in [1.54, 1.807) is 0 Å². The molecule has 0 aliphatic heterocycles. The van der Waals surface area contributed by atoms with Crippen LogP contribution in [-0.4, -0.2) is 15.0 Å². The highest BCUT2D eigenvalue weighted by atomic mass is 16.3. The number of hydrogen-bond donors (Lipinski definition) is 0. The van der Waals surface area contributed by atoms with Crippen molar-refractivity contribution in [2.24, 2.45) is 0 Å². The van der Waals surface area contributed by atoms with Crippen LogP contribution in [0.4, 0.5) is 0 Å². The zero-order valence-corrected chi connectivity index (χ0v) is 26.7. The molecule has 0 fully saturated rings. The highest BCUT2D eigenvalue weighted by molar-refractivity contribution is 6.09. The van der Waals surface area contributed by atoms with Gasteiger partial charge >= 0.3 is 0 Å². The second-order valence-electron chi connectivity index (χ2n) is 12.4. The lowest BCUT2D eigenvalue weighted by Crippen LogP contribution is -2.01. The lowest BCUT2D eigenvalue weighted by atomic mass is 9.89. The van der Waals surface area contributed by atoms with Gasteiger partial charge in [-0.25, -0.2) is 15.0 Å². The molecule has 0 unspecified atom stereocenters. The van der Waals surface area contributed by atoms with Crippen LogP contribution in [0.1, 0.15) is 0 Å². The van der Waals surface area contributed by atoms with Gasteiger partial charge in [-0.1, -0.05) is 127 Å². The van der Waals surface area contributed by atoms with Gasteiger partial charge in [0.25, 0.3) is 0 Å². The van der Waals surface area contributed by atoms with E-state index in [2.05, 4.69) is 78.9 Å². The predicted octanol–water partition coefficient (Wildman–Crippen LogP) is 12.0. The molecule has 7 aromatic carbocycles. The molecule has 0 spiro atoms. The number of benzene rings is 7. The Kier molecular flexibility index (Phi) is 6.42. The smallest absolute Gasteiger partial charge is 0.164 e. The third-order valence-electron chi connectivity index (χ3n) is 9.36. The maximum atomic E-state index is 6.24. The third kappa shape index (κ3) is 4.67. The number of hydrogen-bond acceptors (Lipinski definition) is 5. The van der Waals surface area contributed by atoms with E-state index in [4.69, 9.17) is 23.8 Å². The van der Waals surface area contributed by atoms with E-state index in [0.29, 0.717) is 17.5 Å². The molecule has 0 N–H and O–H groups in total. The van der Waals surface area contributed by atoms with Crippen LogP contribution >= 0.6 is 0 Å². The Morgan fingerprint density at radius 1 is 0.300 bits per heavy atom. The van der Waals surface area contributed by atoms with Gasteiger partial charge in [0.05, 0.1) is 0 Å². The molecule has 10 aromatic rings. The fourth-order valence-electron chi connectivity index (χ4n) is 6.99. The normalized spacial score (nSPS) is 11.6. The second kappa shape index (κ2) is 11.4. The molecule has 0 amide bonds. The van der Waals surface area contributed by atoms with Gasteiger partial charge in [0, 0.05) is 43.8 Å². The molecule has 3 aromatic heterocycles. The van der Waals surface area contributed by atoms with Crippen LogP contribution in [0.15, 0.2) is 173 Å². The van der Waals surface area contributed by atoms with Crippen molar-refractivity contribution in [3.05, 3.63) is 164 Å². The van der Waals surface area contributed by atoms with Crippen LogP contribution in [0.3, 0.4) is 0 Å². The molecule has 0 atom stereocenters. The molecule has 5 heteroatoms. The van der Waals surface area contributed by atoms with Gasteiger partial charge < -0.3 is 8.83 Å². The van der Waals surface area contributed by atoms with Gasteiger partial charge in [0.15, 0.2) is 17.5 Å². The van der Waals surface area contributed by atoms with Gasteiger partial charge in [0.1, 0.15) is 22.3 Å². The Bertz CT molecular complexity index is 2810. The van der Waals surface area contributed by atoms with E-state index >= 15 is 0 Å². The van der Waals surface area contributed by atoms with Crippen LogP contribution in [-0.2, 0) is 0 Å². The van der Waals surface area contributed by atoms with Crippen LogP contribution in [0.25, 0.3) is 100 Å². The quantitative estimate of drug-likeness (QED) is 0.187. The number of aromatic nitrogens is 3. The highest BCUT2D eigenvalue weighted by Crippen LogP contribution is 2.43. The summed E-state index contributed by atoms with van der Waals surface area (Å²) in [6.45, 7) is 0. The largest absolute Gasteiger partial charge is 0.456 e. The van der Waals surface area contributed by atoms with E-state index in [-0.39, 0.29) is 0 Å². The number of nitrogens with zero attached hydrogens (tertiary/aromatic N) is 3. The molecule has 5 nitrogen and oxygen atoms in total. The molecular weight excluding hydrogens is 615 g/mol. The summed E-state index contributed by atoms with van der Waals surface area (Å²) in [5.74, 6) is 1.84. The zero-order chi connectivity index (χ0) is 33.0. The van der Waals surface area contributed by atoms with Crippen molar-refractivity contribution in [1.29, 1.82) is 0 Å². The van der Waals surface area contributed by atoms with Gasteiger partial charge in [-0.3, -0.25) is 0 Å². The molecule has 0 saturated carbocycles. The molecule has 0 saturated heterocycles. The lowest BCUT2D eigenvalue weighted by Gasteiger charge is -2.17. The van der Waals surface area contributed by atoms with Gasteiger partial charge in [0.2, 0.25) is 0 Å². The predicted molar refractivity (Wildman–Crippen MR) is 202 cm³/mol. The molecular formula is C45H27N3O2. The van der Waals surface area contributed by atoms with E-state index in [9.17, 15) is 0 Å². The Balaban J connectivity index is 1.27. The molecule has 0 bridgehead atoms. The Morgan fingerprint density at radius 3 is 1.36 bits per heavy atom. The third-order valence-corrected chi connectivity index (χ3v) is 9.36. The summed E-state index contributed by atoms with van der Waals surface area (Å²) < 4.78 is 12.4. The Morgan fingerprint density at radius 2 is 0.760 bits per heavy atom. The van der Waals surface area contributed by atoms with Gasteiger partial charge in [-0.05, 0) is 53.1 Å². The molecule has 0 aliphatic carbocycles. The van der Waals surface area contributed by atoms with Crippen LogP contribution in [0.2, 0.25) is 0 Å². The van der Waals surface area contributed by atoms with Crippen molar-refractivity contribution >= 4 is 43.9 Å². The minimum absolute atomic E-state index is 0.599. The Hall–Kier alpha value is -6.85. The highest BCUT2D eigenvalue weighted by Gasteiger charge is 2.21. The second-order valence-corrected chi connectivity index (χ2v) is 12.4. The molecule has 10 rings (SSSR count). The summed E-state index contributed by atoms with van der Waals surface area (Å²) in [4.78, 5) is 15.3. The summed E-state index contributed by atoms with van der Waals surface area (Å²) in [6.07, 6.45) is 0. The minimum Gasteiger partial charge on any atom is -0.456 e. The standard InChI is InChI=1S/C45H27N3O2/c1-3-12-28(13-4-1)43-46-44(29-14-5-2-6-15-29)48-45(47-43)35-19-11-18-32(30-22-24-40-36(26-30)33-16-7-9-20-38(33)49-40)42(35)31-23-25-41-37(27-31)34-17-8-10-21-39(34)50-41/h1-27H. The summed E-state index contributed by atoms with van der Waals surface area (Å²) in [7, 11) is 0. The first-order chi connectivity index (χ1) is 24.8. The van der Waals surface area contributed by atoms with Crippen LogP contribution in [0, 0.1) is 0 Å². The first-order valence-electron chi connectivity index (χ1n) is 16.6. The fourth-order valence-corrected chi connectivity index (χ4v) is 6.99. The summed E-state index contributed by atoms with van der Waals surface area (Å²) in [5, 5.41) is 4.29. The summed E-state index contributed by atoms with van der Waals surface area (Å²) in [5.41, 5.74) is 10.4. The first-order valence-corrected chi connectivity index (χ1v) is 16.6.